The Labute approximate surface area is 100 Å². The molecular weight excluding hydrogens is 200 g/mol. The zero-order chi connectivity index (χ0) is 12.0. The van der Waals surface area contributed by atoms with Crippen molar-refractivity contribution in [2.75, 3.05) is 39.3 Å². The molecule has 0 spiro atoms. The maximum Gasteiger partial charge on any atom is 0.0541 e. The second-order valence-electron chi connectivity index (χ2n) is 4.95. The fourth-order valence-electron chi connectivity index (χ4n) is 2.48. The number of rotatable bonds is 6. The second-order valence-corrected chi connectivity index (χ2v) is 4.95. The molecule has 0 aromatic carbocycles. The van der Waals surface area contributed by atoms with E-state index in [1.54, 1.807) is 0 Å². The van der Waals surface area contributed by atoms with Gasteiger partial charge in [0.2, 0.25) is 0 Å². The van der Waals surface area contributed by atoms with Crippen molar-refractivity contribution < 1.29 is 5.11 Å². The van der Waals surface area contributed by atoms with E-state index in [0.29, 0.717) is 5.92 Å². The second kappa shape index (κ2) is 7.25. The average molecular weight is 228 g/mol. The maximum atomic E-state index is 9.53. The van der Waals surface area contributed by atoms with E-state index >= 15 is 0 Å². The van der Waals surface area contributed by atoms with Crippen molar-refractivity contribution in [1.82, 2.24) is 9.80 Å². The number of hydrogen-bond acceptors (Lipinski definition) is 3. The first-order valence-electron chi connectivity index (χ1n) is 6.80. The van der Waals surface area contributed by atoms with Crippen molar-refractivity contribution in [2.45, 2.75) is 39.7 Å². The summed E-state index contributed by atoms with van der Waals surface area (Å²) in [6.45, 7) is 13.4. The predicted octanol–water partition coefficient (Wildman–Crippen LogP) is 1.42. The number of likely N-dealkylation sites (tertiary alicyclic amines) is 1. The molecule has 0 aliphatic carbocycles. The minimum Gasteiger partial charge on any atom is -0.393 e. The maximum absolute atomic E-state index is 9.53. The third kappa shape index (κ3) is 4.40. The van der Waals surface area contributed by atoms with Gasteiger partial charge in [-0.2, -0.15) is 0 Å². The molecule has 1 atom stereocenters. The van der Waals surface area contributed by atoms with Crippen molar-refractivity contribution in [1.29, 1.82) is 0 Å². The minimum atomic E-state index is -0.120. The molecule has 1 rings (SSSR count). The van der Waals surface area contributed by atoms with E-state index in [1.807, 2.05) is 6.92 Å². The number of piperidine rings is 1. The van der Waals surface area contributed by atoms with Crippen molar-refractivity contribution in [3.8, 4) is 0 Å². The highest BCUT2D eigenvalue weighted by molar-refractivity contribution is 4.75. The van der Waals surface area contributed by atoms with E-state index in [2.05, 4.69) is 23.6 Å². The summed E-state index contributed by atoms with van der Waals surface area (Å²) in [5.74, 6) is 0.532. The predicted molar refractivity (Wildman–Crippen MR) is 68.6 cm³/mol. The number of nitrogens with zero attached hydrogens (tertiary/aromatic N) is 2. The highest BCUT2D eigenvalue weighted by Gasteiger charge is 2.22. The molecule has 1 aliphatic rings. The molecular formula is C13H28N2O. The first-order chi connectivity index (χ1) is 7.67. The monoisotopic (exact) mass is 228 g/mol. The van der Waals surface area contributed by atoms with Crippen LogP contribution in [0.4, 0.5) is 0 Å². The van der Waals surface area contributed by atoms with E-state index < -0.39 is 0 Å². The normalized spacial score (nSPS) is 21.6. The lowest BCUT2D eigenvalue weighted by Crippen LogP contribution is -2.41. The molecule has 1 fully saturated rings. The lowest BCUT2D eigenvalue weighted by molar-refractivity contribution is 0.0684. The van der Waals surface area contributed by atoms with Crippen molar-refractivity contribution >= 4 is 0 Å². The molecule has 0 aromatic rings. The van der Waals surface area contributed by atoms with Gasteiger partial charge in [0.25, 0.3) is 0 Å². The van der Waals surface area contributed by atoms with Gasteiger partial charge in [-0.05, 0) is 51.9 Å². The zero-order valence-electron chi connectivity index (χ0n) is 11.2. The Bertz CT molecular complexity index is 173. The summed E-state index contributed by atoms with van der Waals surface area (Å²) in [4.78, 5) is 5.01. The Morgan fingerprint density at radius 3 is 2.25 bits per heavy atom. The van der Waals surface area contributed by atoms with Crippen molar-refractivity contribution in [3.05, 3.63) is 0 Å². The molecule has 1 saturated heterocycles. The van der Waals surface area contributed by atoms with Crippen LogP contribution in [0.25, 0.3) is 0 Å². The minimum absolute atomic E-state index is 0.120. The highest BCUT2D eigenvalue weighted by Crippen LogP contribution is 2.20. The summed E-state index contributed by atoms with van der Waals surface area (Å²) in [6.07, 6.45) is 2.20. The van der Waals surface area contributed by atoms with Crippen LogP contribution in [-0.4, -0.2) is 60.3 Å². The first-order valence-corrected chi connectivity index (χ1v) is 6.80. The molecule has 0 amide bonds. The van der Waals surface area contributed by atoms with E-state index in [-0.39, 0.29) is 6.10 Å². The summed E-state index contributed by atoms with van der Waals surface area (Å²) >= 11 is 0. The standard InChI is InChI=1S/C13H28N2O/c1-4-14(5-2)10-11-15-8-6-13(7-9-15)12(3)16/h12-13,16H,4-11H2,1-3H3. The van der Waals surface area contributed by atoms with Crippen LogP contribution in [0.15, 0.2) is 0 Å². The van der Waals surface area contributed by atoms with E-state index in [0.717, 1.165) is 39.0 Å². The van der Waals surface area contributed by atoms with Gasteiger partial charge < -0.3 is 14.9 Å². The Kier molecular flexibility index (Phi) is 6.32. The third-order valence-corrected chi connectivity index (χ3v) is 3.94. The van der Waals surface area contributed by atoms with Crippen LogP contribution in [-0.2, 0) is 0 Å². The lowest BCUT2D eigenvalue weighted by Gasteiger charge is -2.34. The summed E-state index contributed by atoms with van der Waals surface area (Å²) in [6, 6.07) is 0. The third-order valence-electron chi connectivity index (χ3n) is 3.94. The van der Waals surface area contributed by atoms with Crippen LogP contribution < -0.4 is 0 Å². The van der Waals surface area contributed by atoms with Crippen molar-refractivity contribution in [2.24, 2.45) is 5.92 Å². The van der Waals surface area contributed by atoms with Gasteiger partial charge in [0, 0.05) is 13.1 Å². The summed E-state index contributed by atoms with van der Waals surface area (Å²) in [7, 11) is 0. The number of aliphatic hydroxyl groups is 1. The smallest absolute Gasteiger partial charge is 0.0541 e. The van der Waals surface area contributed by atoms with E-state index in [1.165, 1.54) is 13.1 Å². The zero-order valence-corrected chi connectivity index (χ0v) is 11.2. The fourth-order valence-corrected chi connectivity index (χ4v) is 2.48. The van der Waals surface area contributed by atoms with Crippen LogP contribution in [0.2, 0.25) is 0 Å². The molecule has 3 nitrogen and oxygen atoms in total. The highest BCUT2D eigenvalue weighted by atomic mass is 16.3. The molecule has 96 valence electrons. The van der Waals surface area contributed by atoms with Crippen molar-refractivity contribution in [3.63, 3.8) is 0 Å². The quantitative estimate of drug-likeness (QED) is 0.745. The number of likely N-dealkylation sites (N-methyl/N-ethyl adjacent to an activating group) is 1. The molecule has 0 aromatic heterocycles. The largest absolute Gasteiger partial charge is 0.393 e. The molecule has 1 unspecified atom stereocenters. The Hall–Kier alpha value is -0.120. The van der Waals surface area contributed by atoms with Gasteiger partial charge in [-0.15, -0.1) is 0 Å². The fraction of sp³-hybridized carbons (Fsp3) is 1.00. The van der Waals surface area contributed by atoms with Gasteiger partial charge in [0.1, 0.15) is 0 Å². The molecule has 0 radical (unpaired) electrons. The summed E-state index contributed by atoms with van der Waals surface area (Å²) in [5.41, 5.74) is 0. The summed E-state index contributed by atoms with van der Waals surface area (Å²) < 4.78 is 0. The van der Waals surface area contributed by atoms with Gasteiger partial charge in [-0.25, -0.2) is 0 Å². The Morgan fingerprint density at radius 2 is 1.81 bits per heavy atom. The molecule has 1 aliphatic heterocycles. The van der Waals surface area contributed by atoms with Crippen LogP contribution in [0.1, 0.15) is 33.6 Å². The molecule has 1 N–H and O–H groups in total. The number of hydrogen-bond donors (Lipinski definition) is 1. The molecule has 0 bridgehead atoms. The molecule has 0 saturated carbocycles. The SMILES string of the molecule is CCN(CC)CCN1CCC(C(C)O)CC1. The van der Waals surface area contributed by atoms with Gasteiger partial charge in [-0.1, -0.05) is 13.8 Å². The van der Waals surface area contributed by atoms with Gasteiger partial charge >= 0.3 is 0 Å². The summed E-state index contributed by atoms with van der Waals surface area (Å²) in [5, 5.41) is 9.53. The van der Waals surface area contributed by atoms with Gasteiger partial charge in [-0.3, -0.25) is 0 Å². The van der Waals surface area contributed by atoms with Crippen LogP contribution in [0.3, 0.4) is 0 Å². The van der Waals surface area contributed by atoms with Crippen LogP contribution >= 0.6 is 0 Å². The molecule has 3 heteroatoms. The Morgan fingerprint density at radius 1 is 1.25 bits per heavy atom. The lowest BCUT2D eigenvalue weighted by atomic mass is 9.92. The van der Waals surface area contributed by atoms with Gasteiger partial charge in [0.05, 0.1) is 6.10 Å². The molecule has 16 heavy (non-hydrogen) atoms. The van der Waals surface area contributed by atoms with E-state index in [4.69, 9.17) is 0 Å². The number of aliphatic hydroxyl groups excluding tert-OH is 1. The van der Waals surface area contributed by atoms with Crippen LogP contribution in [0.5, 0.6) is 0 Å². The average Bonchev–Trinajstić information content (AvgIpc) is 2.31. The topological polar surface area (TPSA) is 26.7 Å². The Balaban J connectivity index is 2.17. The van der Waals surface area contributed by atoms with Gasteiger partial charge in [0.15, 0.2) is 0 Å². The van der Waals surface area contributed by atoms with E-state index in [9.17, 15) is 5.11 Å². The first kappa shape index (κ1) is 13.9. The van der Waals surface area contributed by atoms with Crippen LogP contribution in [0, 0.1) is 5.92 Å². The molecule has 1 heterocycles.